The molecule has 0 spiro atoms. The van der Waals surface area contributed by atoms with Gasteiger partial charge in [-0.2, -0.15) is 0 Å². The van der Waals surface area contributed by atoms with Gasteiger partial charge in [0, 0.05) is 17.8 Å². The van der Waals surface area contributed by atoms with Crippen LogP contribution in [0.4, 0.5) is 5.69 Å². The maximum absolute atomic E-state index is 11.0. The molecule has 0 atom stereocenters. The van der Waals surface area contributed by atoms with Crippen LogP contribution in [0, 0.1) is 0 Å². The Morgan fingerprint density at radius 2 is 2.00 bits per heavy atom. The van der Waals surface area contributed by atoms with E-state index in [-0.39, 0.29) is 0 Å². The molecule has 0 amide bonds. The third-order valence-corrected chi connectivity index (χ3v) is 3.21. The zero-order chi connectivity index (χ0) is 11.7. The Balaban J connectivity index is 2.12. The summed E-state index contributed by atoms with van der Waals surface area (Å²) in [6, 6.07) is 14.0. The van der Waals surface area contributed by atoms with Gasteiger partial charge in [-0.1, -0.05) is 30.3 Å². The predicted molar refractivity (Wildman–Crippen MR) is 69.5 cm³/mol. The fraction of sp³-hybridized carbons (Fsp3) is 0.133. The van der Waals surface area contributed by atoms with E-state index in [1.54, 1.807) is 0 Å². The molecule has 2 nitrogen and oxygen atoms in total. The number of fused-ring (bicyclic) bond motifs is 1. The van der Waals surface area contributed by atoms with Crippen LogP contribution in [0.15, 0.2) is 42.5 Å². The fourth-order valence-electron chi connectivity index (χ4n) is 2.34. The highest BCUT2D eigenvalue weighted by Crippen LogP contribution is 2.29. The van der Waals surface area contributed by atoms with E-state index in [1.807, 2.05) is 24.3 Å². The first-order valence-corrected chi connectivity index (χ1v) is 5.80. The number of benzene rings is 2. The van der Waals surface area contributed by atoms with E-state index in [4.69, 9.17) is 0 Å². The van der Waals surface area contributed by atoms with E-state index < -0.39 is 0 Å². The summed E-state index contributed by atoms with van der Waals surface area (Å²) in [4.78, 5) is 11.0. The Labute approximate surface area is 100 Å². The topological polar surface area (TPSA) is 29.1 Å². The maximum Gasteiger partial charge on any atom is 0.150 e. The van der Waals surface area contributed by atoms with Crippen LogP contribution in [0.5, 0.6) is 0 Å². The fourth-order valence-corrected chi connectivity index (χ4v) is 2.34. The number of carbonyl (C=O) groups excluding carboxylic acids is 1. The summed E-state index contributed by atoms with van der Waals surface area (Å²) in [7, 11) is 0. The first-order valence-electron chi connectivity index (χ1n) is 5.80. The van der Waals surface area contributed by atoms with E-state index in [9.17, 15) is 4.79 Å². The summed E-state index contributed by atoms with van der Waals surface area (Å²) in [5.41, 5.74) is 5.44. The molecule has 0 bridgehead atoms. The number of hydrogen-bond donors (Lipinski definition) is 1. The quantitative estimate of drug-likeness (QED) is 0.792. The van der Waals surface area contributed by atoms with Crippen molar-refractivity contribution in [2.75, 3.05) is 11.9 Å². The molecule has 0 fully saturated rings. The zero-order valence-corrected chi connectivity index (χ0v) is 9.44. The first kappa shape index (κ1) is 10.1. The number of aldehydes is 1. The van der Waals surface area contributed by atoms with Crippen LogP contribution in [0.1, 0.15) is 15.9 Å². The van der Waals surface area contributed by atoms with Crippen LogP contribution in [0.2, 0.25) is 0 Å². The molecule has 1 N–H and O–H groups in total. The van der Waals surface area contributed by atoms with E-state index in [0.29, 0.717) is 0 Å². The number of hydrogen-bond acceptors (Lipinski definition) is 2. The summed E-state index contributed by atoms with van der Waals surface area (Å²) >= 11 is 0. The Kier molecular flexibility index (Phi) is 2.41. The van der Waals surface area contributed by atoms with Crippen molar-refractivity contribution in [3.63, 3.8) is 0 Å². The molecule has 0 radical (unpaired) electrons. The molecule has 0 saturated carbocycles. The van der Waals surface area contributed by atoms with Gasteiger partial charge >= 0.3 is 0 Å². The zero-order valence-electron chi connectivity index (χ0n) is 9.44. The van der Waals surface area contributed by atoms with Crippen molar-refractivity contribution in [3.8, 4) is 11.1 Å². The lowest BCUT2D eigenvalue weighted by Gasteiger charge is -2.07. The van der Waals surface area contributed by atoms with E-state index >= 15 is 0 Å². The average Bonchev–Trinajstić information content (AvgIpc) is 2.85. The van der Waals surface area contributed by atoms with Gasteiger partial charge in [0.05, 0.1) is 0 Å². The molecular weight excluding hydrogens is 210 g/mol. The largest absolute Gasteiger partial charge is 0.384 e. The van der Waals surface area contributed by atoms with E-state index in [1.165, 1.54) is 11.3 Å². The first-order chi connectivity index (χ1) is 8.38. The Morgan fingerprint density at radius 3 is 2.88 bits per heavy atom. The molecule has 17 heavy (non-hydrogen) atoms. The lowest BCUT2D eigenvalue weighted by atomic mass is 9.98. The summed E-state index contributed by atoms with van der Waals surface area (Å²) in [6.07, 6.45) is 1.98. The molecule has 0 unspecified atom stereocenters. The average molecular weight is 223 g/mol. The molecule has 2 heteroatoms. The van der Waals surface area contributed by atoms with E-state index in [0.717, 1.165) is 35.9 Å². The van der Waals surface area contributed by atoms with Crippen molar-refractivity contribution in [1.82, 2.24) is 0 Å². The van der Waals surface area contributed by atoms with Crippen molar-refractivity contribution < 1.29 is 4.79 Å². The highest BCUT2D eigenvalue weighted by atomic mass is 16.1. The monoisotopic (exact) mass is 223 g/mol. The minimum atomic E-state index is 0.749. The second-order valence-corrected chi connectivity index (χ2v) is 4.25. The molecule has 84 valence electrons. The van der Waals surface area contributed by atoms with Crippen LogP contribution in [0.25, 0.3) is 11.1 Å². The minimum absolute atomic E-state index is 0.749. The molecule has 1 aliphatic heterocycles. The summed E-state index contributed by atoms with van der Waals surface area (Å²) in [5, 5.41) is 3.34. The normalized spacial score (nSPS) is 12.9. The molecule has 3 rings (SSSR count). The van der Waals surface area contributed by atoms with Gasteiger partial charge in [0.1, 0.15) is 0 Å². The Hall–Kier alpha value is -2.09. The van der Waals surface area contributed by atoms with Crippen molar-refractivity contribution in [1.29, 1.82) is 0 Å². The van der Waals surface area contributed by atoms with Gasteiger partial charge in [-0.3, -0.25) is 4.79 Å². The van der Waals surface area contributed by atoms with Crippen molar-refractivity contribution in [2.24, 2.45) is 0 Å². The van der Waals surface area contributed by atoms with Crippen LogP contribution in [-0.2, 0) is 6.42 Å². The summed E-state index contributed by atoms with van der Waals surface area (Å²) in [6.45, 7) is 1.01. The highest BCUT2D eigenvalue weighted by molar-refractivity contribution is 5.88. The summed E-state index contributed by atoms with van der Waals surface area (Å²) in [5.74, 6) is 0. The van der Waals surface area contributed by atoms with E-state index in [2.05, 4.69) is 23.5 Å². The Bertz CT molecular complexity index is 575. The van der Waals surface area contributed by atoms with Crippen LogP contribution in [0.3, 0.4) is 0 Å². The van der Waals surface area contributed by atoms with Gasteiger partial charge in [-0.05, 0) is 35.2 Å². The third kappa shape index (κ3) is 1.72. The van der Waals surface area contributed by atoms with Gasteiger partial charge in [-0.25, -0.2) is 0 Å². The van der Waals surface area contributed by atoms with Crippen LogP contribution >= 0.6 is 0 Å². The highest BCUT2D eigenvalue weighted by Gasteiger charge is 2.11. The number of rotatable bonds is 2. The van der Waals surface area contributed by atoms with Crippen molar-refractivity contribution in [2.45, 2.75) is 6.42 Å². The molecule has 0 aromatic heterocycles. The van der Waals surface area contributed by atoms with Gasteiger partial charge in [0.15, 0.2) is 6.29 Å². The molecule has 2 aromatic rings. The Morgan fingerprint density at radius 1 is 1.12 bits per heavy atom. The molecular formula is C15H13NO. The predicted octanol–water partition coefficient (Wildman–Crippen LogP) is 3.13. The van der Waals surface area contributed by atoms with Gasteiger partial charge in [0.25, 0.3) is 0 Å². The standard InChI is InChI=1S/C15H13NO/c17-10-13-3-1-2-4-14(13)11-5-6-15-12(9-11)7-8-16-15/h1-6,9-10,16H,7-8H2. The SMILES string of the molecule is O=Cc1ccccc1-c1ccc2c(c1)CCN2. The number of anilines is 1. The molecule has 1 heterocycles. The number of carbonyl (C=O) groups is 1. The van der Waals surface area contributed by atoms with Gasteiger partial charge in [0.2, 0.25) is 0 Å². The molecule has 2 aromatic carbocycles. The van der Waals surface area contributed by atoms with Gasteiger partial charge < -0.3 is 5.32 Å². The lowest BCUT2D eigenvalue weighted by Crippen LogP contribution is -1.90. The second kappa shape index (κ2) is 4.06. The molecule has 0 saturated heterocycles. The van der Waals surface area contributed by atoms with Crippen molar-refractivity contribution >= 4 is 12.0 Å². The van der Waals surface area contributed by atoms with Crippen LogP contribution < -0.4 is 5.32 Å². The van der Waals surface area contributed by atoms with Gasteiger partial charge in [-0.15, -0.1) is 0 Å². The molecule has 1 aliphatic rings. The maximum atomic E-state index is 11.0. The smallest absolute Gasteiger partial charge is 0.150 e. The molecule has 0 aliphatic carbocycles. The lowest BCUT2D eigenvalue weighted by molar-refractivity contribution is 0.112. The summed E-state index contributed by atoms with van der Waals surface area (Å²) < 4.78 is 0. The minimum Gasteiger partial charge on any atom is -0.384 e. The number of nitrogens with one attached hydrogen (secondary N) is 1. The third-order valence-electron chi connectivity index (χ3n) is 3.21. The van der Waals surface area contributed by atoms with Crippen LogP contribution in [-0.4, -0.2) is 12.8 Å². The van der Waals surface area contributed by atoms with Crippen molar-refractivity contribution in [3.05, 3.63) is 53.6 Å². The second-order valence-electron chi connectivity index (χ2n) is 4.25.